The SMILES string of the molecule is N#CC(N)CCN1CCC(Cc2ccccc2)CC1. The third-order valence-electron chi connectivity index (χ3n) is 4.00. The van der Waals surface area contributed by atoms with Gasteiger partial charge in [0.2, 0.25) is 0 Å². The van der Waals surface area contributed by atoms with Crippen molar-refractivity contribution in [2.75, 3.05) is 19.6 Å². The van der Waals surface area contributed by atoms with E-state index in [4.69, 9.17) is 11.0 Å². The van der Waals surface area contributed by atoms with Crippen LogP contribution in [0.4, 0.5) is 0 Å². The first-order valence-electron chi connectivity index (χ1n) is 7.19. The van der Waals surface area contributed by atoms with Crippen molar-refractivity contribution in [3.63, 3.8) is 0 Å². The highest BCUT2D eigenvalue weighted by molar-refractivity contribution is 5.15. The molecule has 1 aliphatic heterocycles. The molecule has 0 aromatic heterocycles. The van der Waals surface area contributed by atoms with E-state index in [9.17, 15) is 0 Å². The summed E-state index contributed by atoms with van der Waals surface area (Å²) in [5.74, 6) is 0.809. The molecule has 19 heavy (non-hydrogen) atoms. The van der Waals surface area contributed by atoms with Gasteiger partial charge >= 0.3 is 0 Å². The molecule has 2 N–H and O–H groups in total. The highest BCUT2D eigenvalue weighted by atomic mass is 15.1. The highest BCUT2D eigenvalue weighted by Crippen LogP contribution is 2.21. The van der Waals surface area contributed by atoms with Crippen LogP contribution in [-0.2, 0) is 6.42 Å². The molecule has 0 amide bonds. The quantitative estimate of drug-likeness (QED) is 0.879. The largest absolute Gasteiger partial charge is 0.316 e. The third kappa shape index (κ3) is 4.66. The van der Waals surface area contributed by atoms with Gasteiger partial charge in [0, 0.05) is 6.54 Å². The van der Waals surface area contributed by atoms with Crippen LogP contribution in [0.1, 0.15) is 24.8 Å². The first kappa shape index (κ1) is 14.0. The van der Waals surface area contributed by atoms with Crippen LogP contribution in [0.25, 0.3) is 0 Å². The van der Waals surface area contributed by atoms with E-state index < -0.39 is 0 Å². The number of piperidine rings is 1. The average molecular weight is 257 g/mol. The molecular weight excluding hydrogens is 234 g/mol. The standard InChI is InChI=1S/C16H23N3/c17-13-16(18)8-11-19-9-6-15(7-10-19)12-14-4-2-1-3-5-14/h1-5,15-16H,6-12,18H2. The summed E-state index contributed by atoms with van der Waals surface area (Å²) < 4.78 is 0. The molecule has 1 aromatic rings. The molecule has 1 atom stereocenters. The Hall–Kier alpha value is -1.37. The number of nitriles is 1. The van der Waals surface area contributed by atoms with Gasteiger partial charge in [-0.1, -0.05) is 30.3 Å². The van der Waals surface area contributed by atoms with Crippen molar-refractivity contribution >= 4 is 0 Å². The van der Waals surface area contributed by atoms with Gasteiger partial charge < -0.3 is 10.6 Å². The predicted octanol–water partition coefficient (Wildman–Crippen LogP) is 2.18. The van der Waals surface area contributed by atoms with Gasteiger partial charge in [0.25, 0.3) is 0 Å². The molecule has 2 rings (SSSR count). The molecule has 1 aromatic carbocycles. The molecule has 0 bridgehead atoms. The van der Waals surface area contributed by atoms with E-state index in [1.54, 1.807) is 0 Å². The Kier molecular flexibility index (Phi) is 5.38. The number of nitrogens with two attached hydrogens (primary N) is 1. The molecule has 0 spiro atoms. The van der Waals surface area contributed by atoms with Gasteiger partial charge in [-0.3, -0.25) is 0 Å². The Balaban J connectivity index is 1.69. The maximum Gasteiger partial charge on any atom is 0.0940 e. The molecule has 3 heteroatoms. The Labute approximate surface area is 116 Å². The molecule has 0 saturated carbocycles. The summed E-state index contributed by atoms with van der Waals surface area (Å²) in [6.45, 7) is 3.26. The lowest BCUT2D eigenvalue weighted by Crippen LogP contribution is -2.37. The summed E-state index contributed by atoms with van der Waals surface area (Å²) in [7, 11) is 0. The number of nitrogens with zero attached hydrogens (tertiary/aromatic N) is 2. The molecule has 1 heterocycles. The number of hydrogen-bond donors (Lipinski definition) is 1. The number of rotatable bonds is 5. The van der Waals surface area contributed by atoms with Crippen LogP contribution in [-0.4, -0.2) is 30.6 Å². The summed E-state index contributed by atoms with van der Waals surface area (Å²) in [6.07, 6.45) is 4.51. The normalized spacial score (nSPS) is 18.9. The van der Waals surface area contributed by atoms with Gasteiger partial charge in [-0.15, -0.1) is 0 Å². The number of likely N-dealkylation sites (tertiary alicyclic amines) is 1. The van der Waals surface area contributed by atoms with Crippen LogP contribution in [0.3, 0.4) is 0 Å². The van der Waals surface area contributed by atoms with Gasteiger partial charge in [-0.25, -0.2) is 0 Å². The fourth-order valence-corrected chi connectivity index (χ4v) is 2.75. The number of hydrogen-bond acceptors (Lipinski definition) is 3. The molecule has 1 unspecified atom stereocenters. The summed E-state index contributed by atoms with van der Waals surface area (Å²) in [5, 5.41) is 8.68. The first-order chi connectivity index (χ1) is 9.28. The Morgan fingerprint density at radius 1 is 1.26 bits per heavy atom. The molecule has 102 valence electrons. The Bertz CT molecular complexity index is 402. The van der Waals surface area contributed by atoms with Crippen molar-refractivity contribution in [2.45, 2.75) is 31.7 Å². The first-order valence-corrected chi connectivity index (χ1v) is 7.19. The maximum absolute atomic E-state index is 8.68. The second-order valence-electron chi connectivity index (χ2n) is 5.50. The van der Waals surface area contributed by atoms with Crippen LogP contribution >= 0.6 is 0 Å². The van der Waals surface area contributed by atoms with Crippen LogP contribution in [0.15, 0.2) is 30.3 Å². The van der Waals surface area contributed by atoms with E-state index in [-0.39, 0.29) is 6.04 Å². The summed E-state index contributed by atoms with van der Waals surface area (Å²) in [6, 6.07) is 12.5. The van der Waals surface area contributed by atoms with E-state index in [0.717, 1.165) is 32.0 Å². The van der Waals surface area contributed by atoms with Crippen molar-refractivity contribution in [3.8, 4) is 6.07 Å². The molecule has 0 radical (unpaired) electrons. The van der Waals surface area contributed by atoms with Crippen LogP contribution in [0.2, 0.25) is 0 Å². The molecule has 3 nitrogen and oxygen atoms in total. The zero-order valence-corrected chi connectivity index (χ0v) is 11.5. The second-order valence-corrected chi connectivity index (χ2v) is 5.50. The van der Waals surface area contributed by atoms with E-state index in [2.05, 4.69) is 41.3 Å². The van der Waals surface area contributed by atoms with Gasteiger partial charge in [0.1, 0.15) is 0 Å². The van der Waals surface area contributed by atoms with Gasteiger partial charge in [-0.05, 0) is 50.3 Å². The fraction of sp³-hybridized carbons (Fsp3) is 0.562. The fourth-order valence-electron chi connectivity index (χ4n) is 2.75. The third-order valence-corrected chi connectivity index (χ3v) is 4.00. The lowest BCUT2D eigenvalue weighted by Gasteiger charge is -2.32. The Morgan fingerprint density at radius 2 is 1.95 bits per heavy atom. The van der Waals surface area contributed by atoms with E-state index >= 15 is 0 Å². The molecule has 1 saturated heterocycles. The van der Waals surface area contributed by atoms with Gasteiger partial charge in [0.15, 0.2) is 0 Å². The molecule has 0 aliphatic carbocycles. The van der Waals surface area contributed by atoms with Crippen molar-refractivity contribution in [2.24, 2.45) is 11.7 Å². The van der Waals surface area contributed by atoms with Crippen LogP contribution < -0.4 is 5.73 Å². The van der Waals surface area contributed by atoms with Crippen LogP contribution in [0, 0.1) is 17.2 Å². The lowest BCUT2D eigenvalue weighted by atomic mass is 9.90. The maximum atomic E-state index is 8.68. The van der Waals surface area contributed by atoms with E-state index in [1.807, 2.05) is 0 Å². The predicted molar refractivity (Wildman–Crippen MR) is 77.5 cm³/mol. The Morgan fingerprint density at radius 3 is 2.58 bits per heavy atom. The minimum absolute atomic E-state index is 0.304. The van der Waals surface area contributed by atoms with Gasteiger partial charge in [0.05, 0.1) is 12.1 Å². The zero-order valence-electron chi connectivity index (χ0n) is 11.5. The van der Waals surface area contributed by atoms with Crippen molar-refractivity contribution < 1.29 is 0 Å². The minimum atomic E-state index is -0.304. The topological polar surface area (TPSA) is 53.1 Å². The van der Waals surface area contributed by atoms with Crippen molar-refractivity contribution in [3.05, 3.63) is 35.9 Å². The van der Waals surface area contributed by atoms with Gasteiger partial charge in [-0.2, -0.15) is 5.26 Å². The lowest BCUT2D eigenvalue weighted by molar-refractivity contribution is 0.181. The molecule has 1 fully saturated rings. The van der Waals surface area contributed by atoms with E-state index in [1.165, 1.54) is 24.8 Å². The monoisotopic (exact) mass is 257 g/mol. The summed E-state index contributed by atoms with van der Waals surface area (Å²) in [4.78, 5) is 2.44. The minimum Gasteiger partial charge on any atom is -0.316 e. The van der Waals surface area contributed by atoms with Crippen LogP contribution in [0.5, 0.6) is 0 Å². The second kappa shape index (κ2) is 7.28. The average Bonchev–Trinajstić information content (AvgIpc) is 2.47. The van der Waals surface area contributed by atoms with Crippen molar-refractivity contribution in [1.82, 2.24) is 4.90 Å². The molecular formula is C16H23N3. The van der Waals surface area contributed by atoms with Crippen molar-refractivity contribution in [1.29, 1.82) is 5.26 Å². The summed E-state index contributed by atoms with van der Waals surface area (Å²) in [5.41, 5.74) is 7.08. The smallest absolute Gasteiger partial charge is 0.0940 e. The number of benzene rings is 1. The highest BCUT2D eigenvalue weighted by Gasteiger charge is 2.19. The zero-order chi connectivity index (χ0) is 13.5. The van der Waals surface area contributed by atoms with E-state index in [0.29, 0.717) is 0 Å². The molecule has 1 aliphatic rings. The summed E-state index contributed by atoms with van der Waals surface area (Å²) >= 11 is 0.